The highest BCUT2D eigenvalue weighted by Crippen LogP contribution is 2.16. The van der Waals surface area contributed by atoms with E-state index in [0.717, 1.165) is 17.9 Å². The van der Waals surface area contributed by atoms with E-state index in [-0.39, 0.29) is 6.03 Å². The molecule has 15 heavy (non-hydrogen) atoms. The zero-order valence-electron chi connectivity index (χ0n) is 9.04. The summed E-state index contributed by atoms with van der Waals surface area (Å²) in [7, 11) is 1.59. The highest BCUT2D eigenvalue weighted by atomic mass is 16.5. The Bertz CT molecular complexity index is 326. The fourth-order valence-corrected chi connectivity index (χ4v) is 1.11. The SMILES string of the molecule is CCCNC(=O)Nc1cccc(OC)c1. The van der Waals surface area contributed by atoms with Gasteiger partial charge in [-0.3, -0.25) is 0 Å². The summed E-state index contributed by atoms with van der Waals surface area (Å²) >= 11 is 0. The molecule has 0 aliphatic carbocycles. The Kier molecular flexibility index (Phi) is 4.47. The van der Waals surface area contributed by atoms with Crippen LogP contribution < -0.4 is 15.4 Å². The molecule has 0 fully saturated rings. The topological polar surface area (TPSA) is 50.4 Å². The van der Waals surface area contributed by atoms with E-state index in [9.17, 15) is 4.79 Å². The van der Waals surface area contributed by atoms with Gasteiger partial charge in [-0.1, -0.05) is 13.0 Å². The van der Waals surface area contributed by atoms with Crippen molar-refractivity contribution in [3.8, 4) is 5.75 Å². The van der Waals surface area contributed by atoms with Gasteiger partial charge in [0, 0.05) is 18.3 Å². The van der Waals surface area contributed by atoms with Crippen molar-refractivity contribution in [1.29, 1.82) is 0 Å². The molecule has 1 aromatic rings. The van der Waals surface area contributed by atoms with Gasteiger partial charge in [-0.15, -0.1) is 0 Å². The van der Waals surface area contributed by atoms with E-state index >= 15 is 0 Å². The number of ether oxygens (including phenoxy) is 1. The van der Waals surface area contributed by atoms with Crippen molar-refractivity contribution in [3.05, 3.63) is 24.3 Å². The lowest BCUT2D eigenvalue weighted by molar-refractivity contribution is 0.252. The van der Waals surface area contributed by atoms with E-state index < -0.39 is 0 Å². The zero-order chi connectivity index (χ0) is 11.1. The summed E-state index contributed by atoms with van der Waals surface area (Å²) in [6, 6.07) is 7.05. The number of methoxy groups -OCH3 is 1. The summed E-state index contributed by atoms with van der Waals surface area (Å²) in [4.78, 5) is 11.3. The lowest BCUT2D eigenvalue weighted by Crippen LogP contribution is -2.29. The molecule has 0 saturated heterocycles. The third-order valence-corrected chi connectivity index (χ3v) is 1.86. The van der Waals surface area contributed by atoms with E-state index in [2.05, 4.69) is 10.6 Å². The van der Waals surface area contributed by atoms with Crippen LogP contribution >= 0.6 is 0 Å². The molecular formula is C11H16N2O2. The molecule has 0 spiro atoms. The van der Waals surface area contributed by atoms with Crippen LogP contribution in [0.5, 0.6) is 5.75 Å². The van der Waals surface area contributed by atoms with Crippen molar-refractivity contribution in [3.63, 3.8) is 0 Å². The number of hydrogen-bond acceptors (Lipinski definition) is 2. The summed E-state index contributed by atoms with van der Waals surface area (Å²) in [6.07, 6.45) is 0.922. The van der Waals surface area contributed by atoms with Gasteiger partial charge in [0.25, 0.3) is 0 Å². The van der Waals surface area contributed by atoms with Crippen molar-refractivity contribution < 1.29 is 9.53 Å². The Morgan fingerprint density at radius 3 is 2.93 bits per heavy atom. The standard InChI is InChI=1S/C11H16N2O2/c1-3-7-12-11(14)13-9-5-4-6-10(8-9)15-2/h4-6,8H,3,7H2,1-2H3,(H2,12,13,14). The van der Waals surface area contributed by atoms with E-state index in [4.69, 9.17) is 4.74 Å². The molecule has 2 amide bonds. The van der Waals surface area contributed by atoms with Crippen molar-refractivity contribution in [2.24, 2.45) is 0 Å². The number of carbonyl (C=O) groups is 1. The van der Waals surface area contributed by atoms with Crippen LogP contribution in [0, 0.1) is 0 Å². The largest absolute Gasteiger partial charge is 0.497 e. The predicted octanol–water partition coefficient (Wildman–Crippen LogP) is 2.23. The molecule has 2 N–H and O–H groups in total. The summed E-state index contributed by atoms with van der Waals surface area (Å²) in [5.41, 5.74) is 0.725. The Labute approximate surface area is 89.6 Å². The number of hydrogen-bond donors (Lipinski definition) is 2. The molecule has 0 unspecified atom stereocenters. The molecule has 0 aromatic heterocycles. The minimum atomic E-state index is -0.190. The van der Waals surface area contributed by atoms with Crippen LogP contribution in [0.2, 0.25) is 0 Å². The van der Waals surface area contributed by atoms with Crippen molar-refractivity contribution in [1.82, 2.24) is 5.32 Å². The lowest BCUT2D eigenvalue weighted by atomic mass is 10.3. The fourth-order valence-electron chi connectivity index (χ4n) is 1.11. The van der Waals surface area contributed by atoms with Crippen LogP contribution in [-0.4, -0.2) is 19.7 Å². The molecule has 0 bridgehead atoms. The van der Waals surface area contributed by atoms with Gasteiger partial charge in [-0.25, -0.2) is 4.79 Å². The molecule has 4 nitrogen and oxygen atoms in total. The molecule has 0 saturated carbocycles. The molecule has 0 aliphatic heterocycles. The molecule has 0 radical (unpaired) electrons. The Hall–Kier alpha value is -1.71. The third-order valence-electron chi connectivity index (χ3n) is 1.86. The van der Waals surface area contributed by atoms with Gasteiger partial charge in [-0.05, 0) is 18.6 Å². The van der Waals surface area contributed by atoms with Gasteiger partial charge in [0.2, 0.25) is 0 Å². The minimum Gasteiger partial charge on any atom is -0.497 e. The van der Waals surface area contributed by atoms with Gasteiger partial charge < -0.3 is 15.4 Å². The summed E-state index contributed by atoms with van der Waals surface area (Å²) < 4.78 is 5.05. The van der Waals surface area contributed by atoms with E-state index in [1.807, 2.05) is 25.1 Å². The van der Waals surface area contributed by atoms with Crippen molar-refractivity contribution >= 4 is 11.7 Å². The lowest BCUT2D eigenvalue weighted by Gasteiger charge is -2.07. The average molecular weight is 208 g/mol. The number of anilines is 1. The van der Waals surface area contributed by atoms with Crippen LogP contribution in [0.25, 0.3) is 0 Å². The number of carbonyl (C=O) groups excluding carboxylic acids is 1. The van der Waals surface area contributed by atoms with E-state index in [0.29, 0.717) is 6.54 Å². The van der Waals surface area contributed by atoms with Crippen LogP contribution in [0.1, 0.15) is 13.3 Å². The average Bonchev–Trinajstić information content (AvgIpc) is 2.26. The van der Waals surface area contributed by atoms with Gasteiger partial charge >= 0.3 is 6.03 Å². The molecule has 1 aromatic carbocycles. The highest BCUT2D eigenvalue weighted by Gasteiger charge is 2.00. The van der Waals surface area contributed by atoms with Crippen LogP contribution in [-0.2, 0) is 0 Å². The first-order chi connectivity index (χ1) is 7.26. The van der Waals surface area contributed by atoms with Gasteiger partial charge in [0.1, 0.15) is 5.75 Å². The molecule has 82 valence electrons. The monoisotopic (exact) mass is 208 g/mol. The summed E-state index contributed by atoms with van der Waals surface area (Å²) in [5.74, 6) is 0.725. The molecule has 0 aliphatic rings. The smallest absolute Gasteiger partial charge is 0.319 e. The molecule has 0 heterocycles. The zero-order valence-corrected chi connectivity index (χ0v) is 9.04. The Morgan fingerprint density at radius 2 is 2.27 bits per heavy atom. The van der Waals surface area contributed by atoms with Crippen molar-refractivity contribution in [2.45, 2.75) is 13.3 Å². The minimum absolute atomic E-state index is 0.190. The second-order valence-electron chi connectivity index (χ2n) is 3.11. The number of benzene rings is 1. The summed E-state index contributed by atoms with van der Waals surface area (Å²) in [5, 5.41) is 5.45. The molecule has 0 atom stereocenters. The maximum atomic E-state index is 11.3. The maximum Gasteiger partial charge on any atom is 0.319 e. The molecular weight excluding hydrogens is 192 g/mol. The predicted molar refractivity (Wildman–Crippen MR) is 60.3 cm³/mol. The normalized spacial score (nSPS) is 9.47. The first kappa shape index (κ1) is 11.4. The quantitative estimate of drug-likeness (QED) is 0.797. The Balaban J connectivity index is 2.52. The summed E-state index contributed by atoms with van der Waals surface area (Å²) in [6.45, 7) is 2.68. The van der Waals surface area contributed by atoms with Crippen molar-refractivity contribution in [2.75, 3.05) is 19.0 Å². The molecule has 4 heteroatoms. The molecule has 1 rings (SSSR count). The van der Waals surface area contributed by atoms with Crippen LogP contribution in [0.3, 0.4) is 0 Å². The number of nitrogens with one attached hydrogen (secondary N) is 2. The Morgan fingerprint density at radius 1 is 1.47 bits per heavy atom. The van der Waals surface area contributed by atoms with Gasteiger partial charge in [0.15, 0.2) is 0 Å². The first-order valence-electron chi connectivity index (χ1n) is 4.95. The number of amides is 2. The first-order valence-corrected chi connectivity index (χ1v) is 4.95. The van der Waals surface area contributed by atoms with Gasteiger partial charge in [0.05, 0.1) is 7.11 Å². The fraction of sp³-hybridized carbons (Fsp3) is 0.364. The van der Waals surface area contributed by atoms with Gasteiger partial charge in [-0.2, -0.15) is 0 Å². The number of urea groups is 1. The second-order valence-corrected chi connectivity index (χ2v) is 3.11. The van der Waals surface area contributed by atoms with Crippen LogP contribution in [0.15, 0.2) is 24.3 Å². The maximum absolute atomic E-state index is 11.3. The third kappa shape index (κ3) is 3.89. The van der Waals surface area contributed by atoms with E-state index in [1.165, 1.54) is 0 Å². The second kappa shape index (κ2) is 5.90. The van der Waals surface area contributed by atoms with E-state index in [1.54, 1.807) is 13.2 Å². The van der Waals surface area contributed by atoms with Crippen LogP contribution in [0.4, 0.5) is 10.5 Å². The highest BCUT2D eigenvalue weighted by molar-refractivity contribution is 5.89. The number of rotatable bonds is 4.